The number of likely N-dealkylation sites (N-methyl/N-ethyl adjacent to an activating group) is 1. The number of hydrogen-bond donors (Lipinski definition) is 1. The van der Waals surface area contributed by atoms with Crippen LogP contribution in [-0.2, 0) is 14.3 Å². The first-order chi connectivity index (χ1) is 7.12. The van der Waals surface area contributed by atoms with Crippen molar-refractivity contribution in [3.8, 4) is 0 Å². The summed E-state index contributed by atoms with van der Waals surface area (Å²) in [7, 11) is 1.43. The Morgan fingerprint density at radius 1 is 1.67 bits per heavy atom. The highest BCUT2D eigenvalue weighted by Gasteiger charge is 2.35. The van der Waals surface area contributed by atoms with Crippen LogP contribution < -0.4 is 5.32 Å². The fourth-order valence-corrected chi connectivity index (χ4v) is 2.57. The highest BCUT2D eigenvalue weighted by molar-refractivity contribution is 8.00. The van der Waals surface area contributed by atoms with Crippen LogP contribution >= 0.6 is 11.8 Å². The first kappa shape index (κ1) is 12.8. The largest absolute Gasteiger partial charge is 0.468 e. The molecule has 1 fully saturated rings. The summed E-state index contributed by atoms with van der Waals surface area (Å²) in [6, 6.07) is 0. The lowest BCUT2D eigenvalue weighted by Crippen LogP contribution is -2.53. The predicted octanol–water partition coefficient (Wildman–Crippen LogP) is 0.660. The van der Waals surface area contributed by atoms with Gasteiger partial charge in [-0.25, -0.2) is 0 Å². The lowest BCUT2D eigenvalue weighted by molar-refractivity contribution is -0.146. The molecule has 0 aliphatic carbocycles. The van der Waals surface area contributed by atoms with Crippen molar-refractivity contribution in [3.63, 3.8) is 0 Å². The van der Waals surface area contributed by atoms with Gasteiger partial charge in [-0.3, -0.25) is 4.79 Å². The summed E-state index contributed by atoms with van der Waals surface area (Å²) in [5, 5.41) is 3.71. The second kappa shape index (κ2) is 5.72. The van der Waals surface area contributed by atoms with Crippen LogP contribution in [0.4, 0.5) is 0 Å². The molecule has 1 N–H and O–H groups in total. The van der Waals surface area contributed by atoms with Crippen LogP contribution in [0.3, 0.4) is 0 Å². The van der Waals surface area contributed by atoms with Crippen molar-refractivity contribution in [3.05, 3.63) is 0 Å². The van der Waals surface area contributed by atoms with E-state index in [4.69, 9.17) is 9.47 Å². The lowest BCUT2D eigenvalue weighted by atomic mass is 10.1. The smallest absolute Gasteiger partial charge is 0.326 e. The number of carbonyl (C=O) groups excluding carboxylic acids is 1. The Morgan fingerprint density at radius 2 is 2.33 bits per heavy atom. The third-order valence-electron chi connectivity index (χ3n) is 2.42. The zero-order valence-electron chi connectivity index (χ0n) is 9.54. The Bertz CT molecular complexity index is 221. The van der Waals surface area contributed by atoms with Gasteiger partial charge in [-0.1, -0.05) is 6.92 Å². The van der Waals surface area contributed by atoms with Gasteiger partial charge in [0.15, 0.2) is 0 Å². The molecule has 1 aliphatic rings. The molecule has 1 rings (SSSR count). The molecule has 1 heterocycles. The van der Waals surface area contributed by atoms with Gasteiger partial charge in [0.1, 0.15) is 5.54 Å². The second-order valence-corrected chi connectivity index (χ2v) is 5.11. The van der Waals surface area contributed by atoms with Gasteiger partial charge in [-0.05, 0) is 13.5 Å². The second-order valence-electron chi connectivity index (χ2n) is 3.82. The van der Waals surface area contributed by atoms with E-state index in [0.717, 1.165) is 25.5 Å². The van der Waals surface area contributed by atoms with Gasteiger partial charge in [-0.15, -0.1) is 0 Å². The monoisotopic (exact) mass is 233 g/mol. The topological polar surface area (TPSA) is 47.6 Å². The van der Waals surface area contributed by atoms with Crippen LogP contribution in [0.1, 0.15) is 13.8 Å². The molecule has 0 saturated carbocycles. The molecule has 1 aliphatic heterocycles. The van der Waals surface area contributed by atoms with E-state index < -0.39 is 5.54 Å². The van der Waals surface area contributed by atoms with Gasteiger partial charge in [0, 0.05) is 5.75 Å². The van der Waals surface area contributed by atoms with Gasteiger partial charge in [-0.2, -0.15) is 11.8 Å². The van der Waals surface area contributed by atoms with Gasteiger partial charge in [0.25, 0.3) is 0 Å². The predicted molar refractivity (Wildman–Crippen MR) is 61.2 cm³/mol. The van der Waals surface area contributed by atoms with E-state index in [9.17, 15) is 4.79 Å². The van der Waals surface area contributed by atoms with Crippen LogP contribution in [0.15, 0.2) is 0 Å². The van der Waals surface area contributed by atoms with Crippen LogP contribution in [0.5, 0.6) is 0 Å². The van der Waals surface area contributed by atoms with Crippen molar-refractivity contribution in [1.82, 2.24) is 5.32 Å². The maximum Gasteiger partial charge on any atom is 0.326 e. The average Bonchev–Trinajstić information content (AvgIpc) is 2.14. The molecule has 0 radical (unpaired) electrons. The number of esters is 1. The summed E-state index contributed by atoms with van der Waals surface area (Å²) in [4.78, 5) is 11.6. The average molecular weight is 233 g/mol. The van der Waals surface area contributed by atoms with Crippen molar-refractivity contribution in [2.45, 2.75) is 24.6 Å². The molecule has 1 atom stereocenters. The molecule has 0 spiro atoms. The summed E-state index contributed by atoms with van der Waals surface area (Å²) < 4.78 is 9.90. The van der Waals surface area contributed by atoms with E-state index in [1.807, 2.05) is 13.8 Å². The zero-order chi connectivity index (χ0) is 11.3. The highest BCUT2D eigenvalue weighted by Crippen LogP contribution is 2.24. The Morgan fingerprint density at radius 3 is 2.73 bits per heavy atom. The molecule has 0 aromatic rings. The van der Waals surface area contributed by atoms with Crippen molar-refractivity contribution in [2.24, 2.45) is 0 Å². The molecular weight excluding hydrogens is 214 g/mol. The minimum Gasteiger partial charge on any atom is -0.468 e. The number of carbonyl (C=O) groups is 1. The molecular formula is C10H19NO3S. The quantitative estimate of drug-likeness (QED) is 0.683. The van der Waals surface area contributed by atoms with Gasteiger partial charge >= 0.3 is 5.97 Å². The van der Waals surface area contributed by atoms with Crippen LogP contribution in [0.25, 0.3) is 0 Å². The summed E-state index contributed by atoms with van der Waals surface area (Å²) in [5.74, 6) is 0.527. The Hall–Kier alpha value is -0.260. The fourth-order valence-electron chi connectivity index (χ4n) is 1.39. The van der Waals surface area contributed by atoms with E-state index in [1.54, 1.807) is 11.8 Å². The van der Waals surface area contributed by atoms with Crippen molar-refractivity contribution >= 4 is 17.7 Å². The van der Waals surface area contributed by atoms with Crippen LogP contribution in [0, 0.1) is 0 Å². The standard InChI is InChI=1S/C10H19NO3S/c1-4-11-10(2,9(12)13-3)7-15-8-5-14-6-8/h8,11H,4-7H2,1-3H3. The zero-order valence-corrected chi connectivity index (χ0v) is 10.4. The molecule has 4 nitrogen and oxygen atoms in total. The Kier molecular flexibility index (Phi) is 4.89. The molecule has 15 heavy (non-hydrogen) atoms. The molecule has 1 unspecified atom stereocenters. The summed E-state index contributed by atoms with van der Waals surface area (Å²) in [6.45, 7) is 6.22. The van der Waals surface area contributed by atoms with Crippen molar-refractivity contribution < 1.29 is 14.3 Å². The normalized spacial score (nSPS) is 20.5. The van der Waals surface area contributed by atoms with Gasteiger partial charge in [0.2, 0.25) is 0 Å². The van der Waals surface area contributed by atoms with E-state index in [2.05, 4.69) is 5.32 Å². The molecule has 5 heteroatoms. The van der Waals surface area contributed by atoms with E-state index in [-0.39, 0.29) is 5.97 Å². The number of rotatable bonds is 6. The summed E-state index contributed by atoms with van der Waals surface area (Å²) in [5.41, 5.74) is -0.580. The van der Waals surface area contributed by atoms with Gasteiger partial charge in [0.05, 0.1) is 25.6 Å². The number of hydrogen-bond acceptors (Lipinski definition) is 5. The Labute approximate surface area is 95.1 Å². The fraction of sp³-hybridized carbons (Fsp3) is 0.900. The molecule has 0 aromatic carbocycles. The summed E-state index contributed by atoms with van der Waals surface area (Å²) >= 11 is 1.77. The molecule has 1 saturated heterocycles. The third-order valence-corrected chi connectivity index (χ3v) is 3.91. The van der Waals surface area contributed by atoms with Crippen molar-refractivity contribution in [2.75, 3.05) is 32.6 Å². The first-order valence-corrected chi connectivity index (χ1v) is 6.20. The van der Waals surface area contributed by atoms with Crippen molar-refractivity contribution in [1.29, 1.82) is 0 Å². The number of nitrogens with one attached hydrogen (secondary N) is 1. The molecule has 0 bridgehead atoms. The third kappa shape index (κ3) is 3.36. The minimum absolute atomic E-state index is 0.197. The van der Waals surface area contributed by atoms with E-state index in [0.29, 0.717) is 5.25 Å². The van der Waals surface area contributed by atoms with Crippen LogP contribution in [0.2, 0.25) is 0 Å². The SMILES string of the molecule is CCNC(C)(CSC1COC1)C(=O)OC. The van der Waals surface area contributed by atoms with E-state index in [1.165, 1.54) is 7.11 Å². The number of ether oxygens (including phenoxy) is 2. The number of methoxy groups -OCH3 is 1. The molecule has 0 aromatic heterocycles. The lowest BCUT2D eigenvalue weighted by Gasteiger charge is -2.31. The highest BCUT2D eigenvalue weighted by atomic mass is 32.2. The Balaban J connectivity index is 2.43. The van der Waals surface area contributed by atoms with Crippen LogP contribution in [-0.4, -0.2) is 49.4 Å². The van der Waals surface area contributed by atoms with Gasteiger partial charge < -0.3 is 14.8 Å². The first-order valence-electron chi connectivity index (χ1n) is 5.15. The maximum absolute atomic E-state index is 11.6. The minimum atomic E-state index is -0.580. The summed E-state index contributed by atoms with van der Waals surface area (Å²) in [6.07, 6.45) is 0. The number of thioether (sulfide) groups is 1. The molecule has 88 valence electrons. The molecule has 0 amide bonds. The van der Waals surface area contributed by atoms with E-state index >= 15 is 0 Å². The maximum atomic E-state index is 11.6.